The average molecular weight is 282 g/mol. The summed E-state index contributed by atoms with van der Waals surface area (Å²) < 4.78 is 28.4. The van der Waals surface area contributed by atoms with Crippen LogP contribution < -0.4 is 0 Å². The van der Waals surface area contributed by atoms with Gasteiger partial charge in [0, 0.05) is 5.56 Å². The van der Waals surface area contributed by atoms with Crippen molar-refractivity contribution in [1.82, 2.24) is 0 Å². The van der Waals surface area contributed by atoms with E-state index in [1.807, 2.05) is 13.0 Å². The van der Waals surface area contributed by atoms with E-state index in [2.05, 4.69) is 6.92 Å². The number of unbranched alkanes of at least 4 members (excludes halogenated alkanes) is 1. The molecule has 1 aromatic heterocycles. The van der Waals surface area contributed by atoms with E-state index in [9.17, 15) is 0 Å². The van der Waals surface area contributed by atoms with Crippen molar-refractivity contribution in [2.24, 2.45) is 0 Å². The van der Waals surface area contributed by atoms with Gasteiger partial charge in [0.05, 0.1) is 25.2 Å². The zero-order valence-corrected chi connectivity index (χ0v) is 12.0. The predicted molar refractivity (Wildman–Crippen MR) is 70.9 cm³/mol. The van der Waals surface area contributed by atoms with E-state index in [-0.39, 0.29) is 30.9 Å². The summed E-state index contributed by atoms with van der Waals surface area (Å²) in [5, 5.41) is 0. The van der Waals surface area contributed by atoms with E-state index in [1.54, 1.807) is 12.5 Å². The van der Waals surface area contributed by atoms with E-state index < -0.39 is 0 Å². The van der Waals surface area contributed by atoms with Crippen LogP contribution in [0.1, 0.15) is 38.7 Å². The smallest absolute Gasteiger partial charge is 0.189 e. The molecule has 3 heterocycles. The molecule has 2 aliphatic rings. The van der Waals surface area contributed by atoms with Crippen LogP contribution in [0, 0.1) is 0 Å². The second kappa shape index (κ2) is 6.26. The van der Waals surface area contributed by atoms with E-state index in [4.69, 9.17) is 23.4 Å². The molecular formula is C15H22O5. The Bertz CT molecular complexity index is 404. The molecule has 0 aromatic carbocycles. The number of hydrogen-bond acceptors (Lipinski definition) is 5. The largest absolute Gasteiger partial charge is 0.472 e. The minimum atomic E-state index is -0.291. The van der Waals surface area contributed by atoms with Crippen LogP contribution in [0.15, 0.2) is 23.0 Å². The highest BCUT2D eigenvalue weighted by atomic mass is 16.8. The van der Waals surface area contributed by atoms with Crippen molar-refractivity contribution in [3.63, 3.8) is 0 Å². The standard InChI is InChI=1S/C15H22O5/c1-3-4-5-12-13(17-9-11-6-7-16-8-11)14-15(20-12)19-10(2)18-14/h6-8,10,12-15H,3-5,9H2,1-2H3/t10?,12-,13+,14-,15+/m1/s1. The number of hydrogen-bond donors (Lipinski definition) is 0. The summed E-state index contributed by atoms with van der Waals surface area (Å²) in [6, 6.07) is 1.91. The van der Waals surface area contributed by atoms with Crippen molar-refractivity contribution in [1.29, 1.82) is 0 Å². The zero-order chi connectivity index (χ0) is 13.9. The van der Waals surface area contributed by atoms with Crippen molar-refractivity contribution in [2.45, 2.75) is 70.6 Å². The number of rotatable bonds is 6. The summed E-state index contributed by atoms with van der Waals surface area (Å²) >= 11 is 0. The molecule has 0 bridgehead atoms. The molecular weight excluding hydrogens is 260 g/mol. The fourth-order valence-electron chi connectivity index (χ4n) is 2.79. The summed E-state index contributed by atoms with van der Waals surface area (Å²) in [4.78, 5) is 0. The van der Waals surface area contributed by atoms with Gasteiger partial charge in [0.1, 0.15) is 12.2 Å². The molecule has 0 amide bonds. The topological polar surface area (TPSA) is 50.1 Å². The molecule has 5 heteroatoms. The molecule has 0 aliphatic carbocycles. The van der Waals surface area contributed by atoms with E-state index in [0.717, 1.165) is 24.8 Å². The maximum absolute atomic E-state index is 6.03. The predicted octanol–water partition coefficient (Wildman–Crippen LogP) is 2.84. The minimum Gasteiger partial charge on any atom is -0.472 e. The maximum Gasteiger partial charge on any atom is 0.189 e. The summed E-state index contributed by atoms with van der Waals surface area (Å²) in [7, 11) is 0. The van der Waals surface area contributed by atoms with E-state index in [1.165, 1.54) is 0 Å². The Morgan fingerprint density at radius 2 is 2.15 bits per heavy atom. The molecule has 2 saturated heterocycles. The Hall–Kier alpha value is -0.880. The van der Waals surface area contributed by atoms with Crippen LogP contribution in [0.5, 0.6) is 0 Å². The molecule has 0 spiro atoms. The molecule has 0 saturated carbocycles. The molecule has 0 N–H and O–H groups in total. The maximum atomic E-state index is 6.03. The quantitative estimate of drug-likeness (QED) is 0.803. The molecule has 5 atom stereocenters. The van der Waals surface area contributed by atoms with Gasteiger partial charge in [-0.3, -0.25) is 0 Å². The fourth-order valence-corrected chi connectivity index (χ4v) is 2.79. The summed E-state index contributed by atoms with van der Waals surface area (Å²) in [5.41, 5.74) is 1.02. The SMILES string of the molecule is CCCC[C@H]1O[C@@H]2OC(C)O[C@@H]2[C@H]1OCc1ccoc1. The lowest BCUT2D eigenvalue weighted by atomic mass is 10.1. The third-order valence-corrected chi connectivity index (χ3v) is 3.81. The fraction of sp³-hybridized carbons (Fsp3) is 0.733. The number of ether oxygens (including phenoxy) is 4. The molecule has 3 rings (SSSR count). The van der Waals surface area contributed by atoms with Gasteiger partial charge >= 0.3 is 0 Å². The Kier molecular flexibility index (Phi) is 4.41. The number of furan rings is 1. The lowest BCUT2D eigenvalue weighted by Gasteiger charge is -2.22. The lowest BCUT2D eigenvalue weighted by Crippen LogP contribution is -2.35. The second-order valence-electron chi connectivity index (χ2n) is 5.40. The van der Waals surface area contributed by atoms with Gasteiger partial charge in [0.2, 0.25) is 0 Å². The van der Waals surface area contributed by atoms with Gasteiger partial charge in [-0.05, 0) is 19.4 Å². The van der Waals surface area contributed by atoms with Crippen LogP contribution in [0.25, 0.3) is 0 Å². The summed E-state index contributed by atoms with van der Waals surface area (Å²) in [5.74, 6) is 0. The van der Waals surface area contributed by atoms with Gasteiger partial charge in [-0.15, -0.1) is 0 Å². The third kappa shape index (κ3) is 2.91. The van der Waals surface area contributed by atoms with Crippen molar-refractivity contribution in [3.8, 4) is 0 Å². The summed E-state index contributed by atoms with van der Waals surface area (Å²) in [6.45, 7) is 4.57. The van der Waals surface area contributed by atoms with Gasteiger partial charge in [0.15, 0.2) is 12.6 Å². The highest BCUT2D eigenvalue weighted by Gasteiger charge is 2.51. The van der Waals surface area contributed by atoms with Crippen molar-refractivity contribution < 1.29 is 23.4 Å². The monoisotopic (exact) mass is 282 g/mol. The first-order chi connectivity index (χ1) is 9.78. The first-order valence-electron chi connectivity index (χ1n) is 7.37. The molecule has 1 unspecified atom stereocenters. The van der Waals surface area contributed by atoms with Crippen LogP contribution >= 0.6 is 0 Å². The Labute approximate surface area is 119 Å². The molecule has 20 heavy (non-hydrogen) atoms. The first-order valence-corrected chi connectivity index (χ1v) is 7.37. The number of fused-ring (bicyclic) bond motifs is 1. The first kappa shape index (κ1) is 14.1. The third-order valence-electron chi connectivity index (χ3n) is 3.81. The van der Waals surface area contributed by atoms with Gasteiger partial charge in [-0.2, -0.15) is 0 Å². The normalized spacial score (nSPS) is 36.4. The van der Waals surface area contributed by atoms with Crippen LogP contribution in [0.3, 0.4) is 0 Å². The van der Waals surface area contributed by atoms with Crippen molar-refractivity contribution in [3.05, 3.63) is 24.2 Å². The van der Waals surface area contributed by atoms with E-state index >= 15 is 0 Å². The Morgan fingerprint density at radius 1 is 1.25 bits per heavy atom. The lowest BCUT2D eigenvalue weighted by molar-refractivity contribution is -0.169. The van der Waals surface area contributed by atoms with Crippen molar-refractivity contribution in [2.75, 3.05) is 0 Å². The van der Waals surface area contributed by atoms with Crippen LogP contribution in [-0.4, -0.2) is 30.9 Å². The van der Waals surface area contributed by atoms with Crippen LogP contribution in [0.4, 0.5) is 0 Å². The molecule has 1 aromatic rings. The van der Waals surface area contributed by atoms with Gasteiger partial charge in [0.25, 0.3) is 0 Å². The minimum absolute atomic E-state index is 0.0457. The Balaban J connectivity index is 1.62. The van der Waals surface area contributed by atoms with Crippen LogP contribution in [0.2, 0.25) is 0 Å². The molecule has 0 radical (unpaired) electrons. The molecule has 2 fully saturated rings. The second-order valence-corrected chi connectivity index (χ2v) is 5.40. The van der Waals surface area contributed by atoms with Gasteiger partial charge < -0.3 is 23.4 Å². The van der Waals surface area contributed by atoms with Gasteiger partial charge in [-0.25, -0.2) is 0 Å². The van der Waals surface area contributed by atoms with Gasteiger partial charge in [-0.1, -0.05) is 19.8 Å². The molecule has 2 aliphatic heterocycles. The van der Waals surface area contributed by atoms with E-state index in [0.29, 0.717) is 6.61 Å². The average Bonchev–Trinajstić information content (AvgIpc) is 3.10. The van der Waals surface area contributed by atoms with Crippen molar-refractivity contribution >= 4 is 0 Å². The Morgan fingerprint density at radius 3 is 2.90 bits per heavy atom. The summed E-state index contributed by atoms with van der Waals surface area (Å²) in [6.07, 6.45) is 5.91. The highest BCUT2D eigenvalue weighted by molar-refractivity contribution is 5.04. The van der Waals surface area contributed by atoms with Crippen LogP contribution in [-0.2, 0) is 25.6 Å². The molecule has 5 nitrogen and oxygen atoms in total. The zero-order valence-electron chi connectivity index (χ0n) is 12.0. The molecule has 112 valence electrons. The highest BCUT2D eigenvalue weighted by Crippen LogP contribution is 2.36.